The van der Waals surface area contributed by atoms with Crippen molar-refractivity contribution in [3.63, 3.8) is 0 Å². The molecule has 3 rings (SSSR count). The molecule has 28 heavy (non-hydrogen) atoms. The lowest BCUT2D eigenvalue weighted by Crippen LogP contribution is -2.12. The van der Waals surface area contributed by atoms with Crippen LogP contribution in [-0.4, -0.2) is 34.8 Å². The molecule has 2 heterocycles. The third-order valence-electron chi connectivity index (χ3n) is 4.11. The van der Waals surface area contributed by atoms with Crippen molar-refractivity contribution in [2.45, 2.75) is 26.9 Å². The number of benzene rings is 1. The van der Waals surface area contributed by atoms with E-state index in [1.54, 1.807) is 67.8 Å². The standard InChI is InChI=1S/C22H21NO5/c1-4-27-22(26)17-13-19(20(24)15-8-6-5-7-9-15)23-11-10-16(12-18(17)23)21(25)28-14(2)3/h5-14H,4H2,1-3H3. The lowest BCUT2D eigenvalue weighted by atomic mass is 10.1. The van der Waals surface area contributed by atoms with Crippen LogP contribution in [0, 0.1) is 0 Å². The van der Waals surface area contributed by atoms with Crippen LogP contribution in [0.15, 0.2) is 54.7 Å². The van der Waals surface area contributed by atoms with Crippen LogP contribution in [0.3, 0.4) is 0 Å². The van der Waals surface area contributed by atoms with Gasteiger partial charge in [-0.25, -0.2) is 9.59 Å². The van der Waals surface area contributed by atoms with Crippen LogP contribution in [0.2, 0.25) is 0 Å². The molecular formula is C22H21NO5. The summed E-state index contributed by atoms with van der Waals surface area (Å²) in [5.74, 6) is -1.28. The fraction of sp³-hybridized carbons (Fsp3) is 0.227. The maximum atomic E-state index is 13.0. The van der Waals surface area contributed by atoms with Gasteiger partial charge < -0.3 is 13.9 Å². The Balaban J connectivity index is 2.14. The number of esters is 2. The third kappa shape index (κ3) is 3.81. The minimum Gasteiger partial charge on any atom is -0.462 e. The van der Waals surface area contributed by atoms with Crippen LogP contribution in [-0.2, 0) is 9.47 Å². The number of hydrogen-bond acceptors (Lipinski definition) is 5. The van der Waals surface area contributed by atoms with Gasteiger partial charge in [0.05, 0.1) is 35.0 Å². The van der Waals surface area contributed by atoms with Crippen molar-refractivity contribution in [1.29, 1.82) is 0 Å². The number of aromatic nitrogens is 1. The van der Waals surface area contributed by atoms with Crippen molar-refractivity contribution in [2.75, 3.05) is 6.61 Å². The molecule has 0 aliphatic carbocycles. The molecule has 1 aromatic carbocycles. The van der Waals surface area contributed by atoms with Crippen molar-refractivity contribution in [3.8, 4) is 0 Å². The zero-order valence-electron chi connectivity index (χ0n) is 16.0. The first-order valence-corrected chi connectivity index (χ1v) is 9.05. The van der Waals surface area contributed by atoms with Crippen LogP contribution < -0.4 is 0 Å². The average Bonchev–Trinajstić information content (AvgIpc) is 3.06. The smallest absolute Gasteiger partial charge is 0.340 e. The molecule has 6 heteroatoms. The lowest BCUT2D eigenvalue weighted by Gasteiger charge is -2.09. The summed E-state index contributed by atoms with van der Waals surface area (Å²) in [7, 11) is 0. The first-order chi connectivity index (χ1) is 13.4. The Morgan fingerprint density at radius 1 is 0.964 bits per heavy atom. The van der Waals surface area contributed by atoms with Gasteiger partial charge in [-0.05, 0) is 39.0 Å². The number of rotatable bonds is 6. The van der Waals surface area contributed by atoms with E-state index in [2.05, 4.69) is 0 Å². The summed E-state index contributed by atoms with van der Waals surface area (Å²) < 4.78 is 11.9. The summed E-state index contributed by atoms with van der Waals surface area (Å²) in [5.41, 5.74) is 1.74. The van der Waals surface area contributed by atoms with Gasteiger partial charge in [-0.2, -0.15) is 0 Å². The van der Waals surface area contributed by atoms with E-state index in [9.17, 15) is 14.4 Å². The van der Waals surface area contributed by atoms with E-state index in [0.29, 0.717) is 22.3 Å². The van der Waals surface area contributed by atoms with Gasteiger partial charge >= 0.3 is 11.9 Å². The molecule has 0 bridgehead atoms. The number of ketones is 1. The summed E-state index contributed by atoms with van der Waals surface area (Å²) in [6, 6.07) is 13.4. The van der Waals surface area contributed by atoms with Gasteiger partial charge in [0.15, 0.2) is 0 Å². The minimum atomic E-state index is -0.554. The van der Waals surface area contributed by atoms with Crippen molar-refractivity contribution < 1.29 is 23.9 Å². The van der Waals surface area contributed by atoms with E-state index in [-0.39, 0.29) is 24.1 Å². The van der Waals surface area contributed by atoms with E-state index < -0.39 is 11.9 Å². The predicted octanol–water partition coefficient (Wildman–Crippen LogP) is 3.91. The number of hydrogen-bond donors (Lipinski definition) is 0. The van der Waals surface area contributed by atoms with Gasteiger partial charge in [0.25, 0.3) is 0 Å². The van der Waals surface area contributed by atoms with E-state index in [0.717, 1.165) is 0 Å². The Bertz CT molecular complexity index is 1030. The Morgan fingerprint density at radius 2 is 1.68 bits per heavy atom. The normalized spacial score (nSPS) is 10.9. The number of carbonyl (C=O) groups is 3. The molecule has 0 aliphatic heterocycles. The van der Waals surface area contributed by atoms with E-state index in [4.69, 9.17) is 9.47 Å². The van der Waals surface area contributed by atoms with E-state index in [1.807, 2.05) is 6.07 Å². The number of nitrogens with zero attached hydrogens (tertiary/aromatic N) is 1. The fourth-order valence-corrected chi connectivity index (χ4v) is 2.89. The molecule has 2 aromatic heterocycles. The van der Waals surface area contributed by atoms with E-state index >= 15 is 0 Å². The molecular weight excluding hydrogens is 358 g/mol. The molecule has 0 fully saturated rings. The highest BCUT2D eigenvalue weighted by atomic mass is 16.5. The molecule has 0 radical (unpaired) electrons. The van der Waals surface area contributed by atoms with Crippen LogP contribution in [0.1, 0.15) is 57.5 Å². The van der Waals surface area contributed by atoms with Crippen LogP contribution in [0.5, 0.6) is 0 Å². The first-order valence-electron chi connectivity index (χ1n) is 9.05. The summed E-state index contributed by atoms with van der Waals surface area (Å²) in [5, 5.41) is 0. The second kappa shape index (κ2) is 8.08. The zero-order valence-corrected chi connectivity index (χ0v) is 16.0. The summed E-state index contributed by atoms with van der Waals surface area (Å²) in [6.45, 7) is 5.42. The quantitative estimate of drug-likeness (QED) is 0.479. The molecule has 0 N–H and O–H groups in total. The van der Waals surface area contributed by atoms with Gasteiger partial charge in [-0.15, -0.1) is 0 Å². The number of carbonyl (C=O) groups excluding carboxylic acids is 3. The van der Waals surface area contributed by atoms with Crippen LogP contribution >= 0.6 is 0 Å². The Morgan fingerprint density at radius 3 is 2.32 bits per heavy atom. The van der Waals surface area contributed by atoms with Crippen molar-refractivity contribution in [1.82, 2.24) is 4.40 Å². The van der Waals surface area contributed by atoms with Gasteiger partial charge in [-0.3, -0.25) is 4.79 Å². The Labute approximate surface area is 162 Å². The van der Waals surface area contributed by atoms with Crippen molar-refractivity contribution >= 4 is 23.2 Å². The van der Waals surface area contributed by atoms with E-state index in [1.165, 1.54) is 6.07 Å². The highest BCUT2D eigenvalue weighted by Crippen LogP contribution is 2.23. The number of fused-ring (bicyclic) bond motifs is 1. The monoisotopic (exact) mass is 379 g/mol. The summed E-state index contributed by atoms with van der Waals surface area (Å²) in [4.78, 5) is 37.6. The van der Waals surface area contributed by atoms with Gasteiger partial charge in [-0.1, -0.05) is 30.3 Å². The molecule has 144 valence electrons. The second-order valence-electron chi connectivity index (χ2n) is 6.48. The molecule has 0 saturated carbocycles. The molecule has 0 unspecified atom stereocenters. The number of pyridine rings is 1. The van der Waals surface area contributed by atoms with Crippen molar-refractivity contribution in [2.24, 2.45) is 0 Å². The predicted molar refractivity (Wildman–Crippen MR) is 104 cm³/mol. The Kier molecular flexibility index (Phi) is 5.59. The van der Waals surface area contributed by atoms with Gasteiger partial charge in [0.2, 0.25) is 5.78 Å². The zero-order chi connectivity index (χ0) is 20.3. The highest BCUT2D eigenvalue weighted by Gasteiger charge is 2.22. The molecule has 3 aromatic rings. The topological polar surface area (TPSA) is 74.1 Å². The second-order valence-corrected chi connectivity index (χ2v) is 6.48. The van der Waals surface area contributed by atoms with Crippen LogP contribution in [0.4, 0.5) is 0 Å². The minimum absolute atomic E-state index is 0.202. The largest absolute Gasteiger partial charge is 0.462 e. The molecule has 0 aliphatic rings. The first kappa shape index (κ1) is 19.4. The lowest BCUT2D eigenvalue weighted by molar-refractivity contribution is 0.0377. The Hall–Kier alpha value is -3.41. The highest BCUT2D eigenvalue weighted by molar-refractivity contribution is 6.11. The third-order valence-corrected chi connectivity index (χ3v) is 4.11. The molecule has 0 amide bonds. The average molecular weight is 379 g/mol. The maximum Gasteiger partial charge on any atom is 0.340 e. The molecule has 0 saturated heterocycles. The SMILES string of the molecule is CCOC(=O)c1cc(C(=O)c2ccccc2)n2ccc(C(=O)OC(C)C)cc12. The van der Waals surface area contributed by atoms with Gasteiger partial charge in [0, 0.05) is 11.8 Å². The number of ether oxygens (including phenoxy) is 2. The summed E-state index contributed by atoms with van der Waals surface area (Å²) >= 11 is 0. The maximum absolute atomic E-state index is 13.0. The molecule has 6 nitrogen and oxygen atoms in total. The molecule has 0 atom stereocenters. The van der Waals surface area contributed by atoms with Crippen molar-refractivity contribution in [3.05, 3.63) is 77.1 Å². The molecule has 0 spiro atoms. The fourth-order valence-electron chi connectivity index (χ4n) is 2.89. The van der Waals surface area contributed by atoms with Crippen LogP contribution in [0.25, 0.3) is 5.52 Å². The summed E-state index contributed by atoms with van der Waals surface area (Å²) in [6.07, 6.45) is 1.32. The van der Waals surface area contributed by atoms with Gasteiger partial charge in [0.1, 0.15) is 0 Å².